The number of rotatable bonds is 4. The summed E-state index contributed by atoms with van der Waals surface area (Å²) in [5, 5.41) is 25.3. The summed E-state index contributed by atoms with van der Waals surface area (Å²) >= 11 is 0. The number of hydrogen-bond acceptors (Lipinski definition) is 6. The molecule has 0 spiro atoms. The first kappa shape index (κ1) is 32.0. The van der Waals surface area contributed by atoms with Gasteiger partial charge in [0.15, 0.2) is 0 Å². The number of likely N-dealkylation sites (N-methyl/N-ethyl adjacent to an activating group) is 1. The molecule has 0 radical (unpaired) electrons. The predicted molar refractivity (Wildman–Crippen MR) is 148 cm³/mol. The molecule has 3 N–H and O–H groups in total. The number of aliphatic hydroxyl groups excluding tert-OH is 1. The largest absolute Gasteiger partial charge is 0.490 e. The second kappa shape index (κ2) is 12.4. The summed E-state index contributed by atoms with van der Waals surface area (Å²) in [4.78, 5) is 28.5. The minimum Gasteiger partial charge on any atom is -0.475 e. The summed E-state index contributed by atoms with van der Waals surface area (Å²) < 4.78 is 31.7. The summed E-state index contributed by atoms with van der Waals surface area (Å²) in [6.45, 7) is 8.85. The van der Waals surface area contributed by atoms with Crippen LogP contribution in [0.25, 0.3) is 0 Å². The number of aliphatic hydroxyl groups is 1. The Kier molecular flexibility index (Phi) is 9.68. The summed E-state index contributed by atoms with van der Waals surface area (Å²) in [7, 11) is 1.81. The smallest absolute Gasteiger partial charge is 0.475 e. The van der Waals surface area contributed by atoms with Crippen LogP contribution in [0.1, 0.15) is 91.4 Å². The summed E-state index contributed by atoms with van der Waals surface area (Å²) in [6, 6.07) is 0.372. The van der Waals surface area contributed by atoms with E-state index in [-0.39, 0.29) is 17.6 Å². The van der Waals surface area contributed by atoms with E-state index in [0.29, 0.717) is 29.8 Å². The minimum absolute atomic E-state index is 0.0746. The fourth-order valence-electron chi connectivity index (χ4n) is 9.48. The highest BCUT2D eigenvalue weighted by Crippen LogP contribution is 2.67. The molecule has 0 bridgehead atoms. The van der Waals surface area contributed by atoms with Crippen LogP contribution in [0.5, 0.6) is 0 Å². The van der Waals surface area contributed by atoms with Crippen molar-refractivity contribution in [3.63, 3.8) is 0 Å². The third kappa shape index (κ3) is 6.71. The van der Waals surface area contributed by atoms with Crippen LogP contribution in [0.2, 0.25) is 0 Å². The van der Waals surface area contributed by atoms with Crippen molar-refractivity contribution in [1.82, 2.24) is 10.2 Å². The SMILES string of the molecule is C/C(=N\OC(=O)N(C)C[C@@H]1CCCN1)[C@H]1CC[C@H]2[C@@H]3CCC4C[C@H](O)CC[C@]4(C)[C@H]3CC[C@]12C.O=C(O)C(F)(F)F. The summed E-state index contributed by atoms with van der Waals surface area (Å²) in [5.41, 5.74) is 1.68. The normalized spacial score (nSPS) is 40.4. The standard InChI is InChI=1S/C28H47N3O3.C2HF3O2/c1-18(30-34-26(33)31(4)17-20-6-5-15-29-20)23-9-10-24-22-8-7-19-16-21(32)11-13-27(19,2)25(22)12-14-28(23,24)3;3-2(4,5)1(6)7/h19-25,29,32H,5-17H2,1-4H3;(H,6,7)/b30-18+;/t19?,20-,21+,22-,23+,24-,25-,27-,28+;/m0./s1. The zero-order valence-corrected chi connectivity index (χ0v) is 24.9. The fourth-order valence-corrected chi connectivity index (χ4v) is 9.48. The van der Waals surface area contributed by atoms with Gasteiger partial charge in [0.2, 0.25) is 0 Å². The Hall–Kier alpha value is -1.88. The van der Waals surface area contributed by atoms with Crippen LogP contribution in [0, 0.1) is 40.4 Å². The molecule has 8 nitrogen and oxygen atoms in total. The van der Waals surface area contributed by atoms with E-state index in [9.17, 15) is 23.1 Å². The van der Waals surface area contributed by atoms with Gasteiger partial charge >= 0.3 is 18.2 Å². The van der Waals surface area contributed by atoms with Gasteiger partial charge in [-0.05, 0) is 119 Å². The number of carboxylic acid groups (broad SMARTS) is 1. The molecule has 4 saturated carbocycles. The van der Waals surface area contributed by atoms with Gasteiger partial charge in [0.25, 0.3) is 0 Å². The van der Waals surface area contributed by atoms with Gasteiger partial charge in [0, 0.05) is 25.6 Å². The maximum atomic E-state index is 12.5. The van der Waals surface area contributed by atoms with Crippen molar-refractivity contribution in [2.75, 3.05) is 20.1 Å². The zero-order chi connectivity index (χ0) is 30.2. The van der Waals surface area contributed by atoms with Crippen molar-refractivity contribution in [2.24, 2.45) is 45.6 Å². The number of carbonyl (C=O) groups excluding carboxylic acids is 1. The second-order valence-corrected chi connectivity index (χ2v) is 13.8. The highest BCUT2D eigenvalue weighted by atomic mass is 19.4. The van der Waals surface area contributed by atoms with Gasteiger partial charge in [0.05, 0.1) is 11.8 Å². The molecular formula is C30H48F3N3O5. The van der Waals surface area contributed by atoms with Crippen LogP contribution in [0.15, 0.2) is 5.16 Å². The van der Waals surface area contributed by atoms with E-state index in [2.05, 4.69) is 31.2 Å². The average molecular weight is 588 g/mol. The lowest BCUT2D eigenvalue weighted by Crippen LogP contribution is -2.54. The Morgan fingerprint density at radius 3 is 2.32 bits per heavy atom. The molecule has 9 atom stereocenters. The Bertz CT molecular complexity index is 987. The molecule has 1 heterocycles. The third-order valence-electron chi connectivity index (χ3n) is 11.6. The van der Waals surface area contributed by atoms with Crippen LogP contribution >= 0.6 is 0 Å². The zero-order valence-electron chi connectivity index (χ0n) is 24.9. The summed E-state index contributed by atoms with van der Waals surface area (Å²) in [6.07, 6.45) is 7.62. The molecule has 1 amide bonds. The average Bonchev–Trinajstić information content (AvgIpc) is 3.54. The van der Waals surface area contributed by atoms with E-state index in [1.165, 1.54) is 44.9 Å². The van der Waals surface area contributed by atoms with E-state index in [4.69, 9.17) is 14.7 Å². The first-order chi connectivity index (χ1) is 19.2. The molecule has 41 heavy (non-hydrogen) atoms. The summed E-state index contributed by atoms with van der Waals surface area (Å²) in [5.74, 6) is 0.722. The molecule has 1 aliphatic heterocycles. The molecule has 0 aromatic rings. The number of halogens is 3. The number of carbonyl (C=O) groups is 2. The van der Waals surface area contributed by atoms with Gasteiger partial charge in [-0.3, -0.25) is 4.84 Å². The molecule has 0 aromatic carbocycles. The maximum absolute atomic E-state index is 12.5. The van der Waals surface area contributed by atoms with E-state index in [0.717, 1.165) is 55.7 Å². The monoisotopic (exact) mass is 587 g/mol. The number of alkyl halides is 3. The molecule has 5 aliphatic rings. The molecule has 4 aliphatic carbocycles. The number of carboxylic acids is 1. The van der Waals surface area contributed by atoms with Crippen molar-refractivity contribution < 1.29 is 37.8 Å². The topological polar surface area (TPSA) is 111 Å². The van der Waals surface area contributed by atoms with Gasteiger partial charge in [-0.2, -0.15) is 13.2 Å². The van der Waals surface area contributed by atoms with Crippen LogP contribution in [0.3, 0.4) is 0 Å². The third-order valence-corrected chi connectivity index (χ3v) is 11.6. The first-order valence-corrected chi connectivity index (χ1v) is 15.3. The van der Waals surface area contributed by atoms with Crippen LogP contribution in [-0.4, -0.2) is 71.3 Å². The molecule has 234 valence electrons. The molecule has 5 fully saturated rings. The van der Waals surface area contributed by atoms with Crippen molar-refractivity contribution >= 4 is 17.8 Å². The number of nitrogens with zero attached hydrogens (tertiary/aromatic N) is 2. The highest BCUT2D eigenvalue weighted by Gasteiger charge is 2.60. The number of hydrogen-bond donors (Lipinski definition) is 3. The van der Waals surface area contributed by atoms with Crippen LogP contribution in [-0.2, 0) is 9.63 Å². The van der Waals surface area contributed by atoms with E-state index >= 15 is 0 Å². The molecule has 0 aromatic heterocycles. The highest BCUT2D eigenvalue weighted by molar-refractivity contribution is 5.85. The van der Waals surface area contributed by atoms with Crippen molar-refractivity contribution in [3.05, 3.63) is 0 Å². The van der Waals surface area contributed by atoms with E-state index < -0.39 is 12.1 Å². The number of aliphatic carboxylic acids is 1. The van der Waals surface area contributed by atoms with E-state index in [1.54, 1.807) is 4.90 Å². The molecule has 5 rings (SSSR count). The van der Waals surface area contributed by atoms with Gasteiger partial charge in [-0.1, -0.05) is 19.0 Å². The second-order valence-electron chi connectivity index (χ2n) is 13.8. The quantitative estimate of drug-likeness (QED) is 0.217. The Morgan fingerprint density at radius 1 is 1.02 bits per heavy atom. The first-order valence-electron chi connectivity index (χ1n) is 15.3. The minimum atomic E-state index is -5.08. The van der Waals surface area contributed by atoms with Crippen LogP contribution in [0.4, 0.5) is 18.0 Å². The van der Waals surface area contributed by atoms with Gasteiger partial charge in [0.1, 0.15) is 0 Å². The number of fused-ring (bicyclic) bond motifs is 5. The molecule has 11 heteroatoms. The predicted octanol–water partition coefficient (Wildman–Crippen LogP) is 5.84. The van der Waals surface area contributed by atoms with Crippen molar-refractivity contribution in [3.8, 4) is 0 Å². The van der Waals surface area contributed by atoms with Gasteiger partial charge in [-0.15, -0.1) is 0 Å². The molecule has 1 unspecified atom stereocenters. The van der Waals surface area contributed by atoms with Gasteiger partial charge in [-0.25, -0.2) is 9.59 Å². The lowest BCUT2D eigenvalue weighted by Gasteiger charge is -2.61. The maximum Gasteiger partial charge on any atom is 0.490 e. The van der Waals surface area contributed by atoms with Crippen LogP contribution < -0.4 is 5.32 Å². The molecule has 1 saturated heterocycles. The van der Waals surface area contributed by atoms with Crippen molar-refractivity contribution in [2.45, 2.75) is 110 Å². The van der Waals surface area contributed by atoms with Crippen molar-refractivity contribution in [1.29, 1.82) is 0 Å². The molecular weight excluding hydrogens is 539 g/mol. The number of nitrogens with one attached hydrogen (secondary N) is 1. The lowest BCUT2D eigenvalue weighted by molar-refractivity contribution is -0.192. The Morgan fingerprint density at radius 2 is 1.68 bits per heavy atom. The Labute approximate surface area is 241 Å². The number of amides is 1. The Balaban J connectivity index is 0.000000493. The number of oxime groups is 1. The lowest BCUT2D eigenvalue weighted by atomic mass is 9.44. The van der Waals surface area contributed by atoms with Gasteiger partial charge < -0.3 is 20.4 Å². The fraction of sp³-hybridized carbons (Fsp3) is 0.900. The van der Waals surface area contributed by atoms with E-state index in [1.807, 2.05) is 7.05 Å².